The van der Waals surface area contributed by atoms with Crippen LogP contribution < -0.4 is 5.32 Å². The number of benzene rings is 6. The summed E-state index contributed by atoms with van der Waals surface area (Å²) >= 11 is 0. The van der Waals surface area contributed by atoms with Crippen molar-refractivity contribution in [2.24, 2.45) is 0 Å². The lowest BCUT2D eigenvalue weighted by molar-refractivity contribution is -0.116. The first-order valence-corrected chi connectivity index (χ1v) is 37.1. The number of aromatic nitrogens is 9. The van der Waals surface area contributed by atoms with E-state index in [-0.39, 0.29) is 30.6 Å². The molecule has 0 saturated heterocycles. The zero-order valence-corrected chi connectivity index (χ0v) is 59.1. The number of rotatable bonds is 11. The highest BCUT2D eigenvalue weighted by molar-refractivity contribution is 6.07. The maximum Gasteiger partial charge on any atom is 0.227 e. The summed E-state index contributed by atoms with van der Waals surface area (Å²) in [6, 6.07) is 66.6. The molecule has 9 aliphatic carbocycles. The first-order valence-electron chi connectivity index (χ1n) is 37.1. The molecule has 5 aromatic heterocycles. The number of para-hydroxylation sites is 1. The summed E-state index contributed by atoms with van der Waals surface area (Å²) in [5.41, 5.74) is 29.3. The highest BCUT2D eigenvalue weighted by Gasteiger charge is 2.38. The summed E-state index contributed by atoms with van der Waals surface area (Å²) in [6.45, 7) is 0. The Labute approximate surface area is 628 Å². The number of anilines is 2. The first-order chi connectivity index (χ1) is 52.7. The molecule has 14 nitrogen and oxygen atoms in total. The zero-order valence-electron chi connectivity index (χ0n) is 59.1. The lowest BCUT2D eigenvalue weighted by atomic mass is 9.78. The number of nitrogens with zero attached hydrogens (tertiary/aromatic N) is 8. The second-order valence-electron chi connectivity index (χ2n) is 28.5. The molecule has 0 fully saturated rings. The van der Waals surface area contributed by atoms with E-state index in [0.29, 0.717) is 61.0 Å². The van der Waals surface area contributed by atoms with Gasteiger partial charge in [-0.15, -0.1) is 0 Å². The Morgan fingerprint density at radius 1 is 0.398 bits per heavy atom. The molecule has 4 unspecified atom stereocenters. The van der Waals surface area contributed by atoms with E-state index in [4.69, 9.17) is 4.98 Å². The van der Waals surface area contributed by atoms with E-state index in [9.17, 15) is 19.2 Å². The largest absolute Gasteiger partial charge is 0.341 e. The van der Waals surface area contributed by atoms with Gasteiger partial charge in [-0.05, 0) is 208 Å². The summed E-state index contributed by atoms with van der Waals surface area (Å²) in [5.74, 6) is 2.92. The number of allylic oxidation sites excluding steroid dienone is 17. The predicted molar refractivity (Wildman–Crippen MR) is 427 cm³/mol. The predicted octanol–water partition coefficient (Wildman–Crippen LogP) is 19.9. The van der Waals surface area contributed by atoms with Crippen LogP contribution in [0.3, 0.4) is 0 Å². The van der Waals surface area contributed by atoms with Gasteiger partial charge in [0, 0.05) is 101 Å². The number of carbonyl (C=O) groups excluding carboxylic acids is 4. The van der Waals surface area contributed by atoms with E-state index in [1.807, 2.05) is 85.1 Å². The van der Waals surface area contributed by atoms with Crippen LogP contribution in [0.1, 0.15) is 164 Å². The van der Waals surface area contributed by atoms with Crippen molar-refractivity contribution in [2.75, 3.05) is 5.32 Å². The molecule has 108 heavy (non-hydrogen) atoms. The third kappa shape index (κ3) is 14.5. The molecule has 6 aromatic carbocycles. The minimum Gasteiger partial charge on any atom is -0.341 e. The minimum atomic E-state index is 0. The fourth-order valence-corrected chi connectivity index (χ4v) is 16.9. The fourth-order valence-electron chi connectivity index (χ4n) is 16.9. The first kappa shape index (κ1) is 69.7. The third-order valence-corrected chi connectivity index (χ3v) is 22.2. The van der Waals surface area contributed by atoms with Gasteiger partial charge in [0.25, 0.3) is 0 Å². The molecule has 4 atom stereocenters. The molecule has 0 bridgehead atoms. The molecule has 11 aromatic rings. The summed E-state index contributed by atoms with van der Waals surface area (Å²) < 4.78 is 0. The number of Topliss-reactive ketones (excluding diaryl/α,β-unsaturated/α-hetero) is 4. The quantitative estimate of drug-likeness (QED) is 0.124. The Kier molecular flexibility index (Phi) is 20.1. The molecule has 0 saturated carbocycles. The van der Waals surface area contributed by atoms with E-state index in [2.05, 4.69) is 197 Å². The van der Waals surface area contributed by atoms with Crippen LogP contribution in [-0.4, -0.2) is 68.0 Å². The average Bonchev–Trinajstić information content (AvgIpc) is 1.63. The molecule has 0 aliphatic heterocycles. The van der Waals surface area contributed by atoms with Gasteiger partial charge >= 0.3 is 0 Å². The van der Waals surface area contributed by atoms with Crippen molar-refractivity contribution in [1.29, 1.82) is 0 Å². The molecule has 0 spiro atoms. The Hall–Kier alpha value is -12.7. The summed E-state index contributed by atoms with van der Waals surface area (Å²) in [7, 11) is 0. The molecule has 5 heterocycles. The highest BCUT2D eigenvalue weighted by Crippen LogP contribution is 2.50. The van der Waals surface area contributed by atoms with Crippen LogP contribution in [0.4, 0.5) is 11.6 Å². The number of H-pyrrole nitrogens is 1. The van der Waals surface area contributed by atoms with Gasteiger partial charge in [0.2, 0.25) is 5.95 Å². The van der Waals surface area contributed by atoms with Crippen molar-refractivity contribution in [3.8, 4) is 11.3 Å². The van der Waals surface area contributed by atoms with Crippen molar-refractivity contribution in [2.45, 2.75) is 115 Å². The number of ketones is 4. The van der Waals surface area contributed by atoms with Gasteiger partial charge in [0.15, 0.2) is 28.8 Å². The number of aromatic amines is 1. The van der Waals surface area contributed by atoms with Crippen LogP contribution in [0.25, 0.3) is 50.8 Å². The van der Waals surface area contributed by atoms with Crippen molar-refractivity contribution in [3.05, 3.63) is 363 Å². The molecule has 0 amide bonds. The Morgan fingerprint density at radius 3 is 1.42 bits per heavy atom. The second-order valence-corrected chi connectivity index (χ2v) is 28.5. The van der Waals surface area contributed by atoms with E-state index in [0.717, 1.165) is 142 Å². The van der Waals surface area contributed by atoms with Crippen LogP contribution in [0, 0.1) is 0 Å². The number of nitrogens with one attached hydrogen (secondary N) is 2. The molecule has 9 aliphatic rings. The number of hydrogen-bond acceptors (Lipinski definition) is 13. The smallest absolute Gasteiger partial charge is 0.227 e. The van der Waals surface area contributed by atoms with Gasteiger partial charge in [-0.25, -0.2) is 34.9 Å². The fraction of sp³-hybridized carbons (Fsp3) is 0.191. The van der Waals surface area contributed by atoms with Gasteiger partial charge in [0.05, 0.1) is 29.1 Å². The third-order valence-electron chi connectivity index (χ3n) is 22.2. The number of carbonyl (C=O) groups is 4. The second kappa shape index (κ2) is 31.2. The number of imidazole rings is 1. The van der Waals surface area contributed by atoms with Crippen LogP contribution in [0.2, 0.25) is 0 Å². The monoisotopic (exact) mass is 1410 g/mol. The number of pyridine rings is 1. The van der Waals surface area contributed by atoms with Crippen molar-refractivity contribution < 1.29 is 19.2 Å². The number of hydrogen-bond donors (Lipinski definition) is 2. The van der Waals surface area contributed by atoms with Crippen LogP contribution >= 0.6 is 0 Å². The maximum atomic E-state index is 12.7. The van der Waals surface area contributed by atoms with Gasteiger partial charge < -0.3 is 10.3 Å². The van der Waals surface area contributed by atoms with Crippen LogP contribution in [0.15, 0.2) is 307 Å². The molecule has 14 heteroatoms. The molecule has 530 valence electrons. The topological polar surface area (TPSA) is 199 Å². The zero-order chi connectivity index (χ0) is 72.2. The van der Waals surface area contributed by atoms with Crippen LogP contribution in [0.5, 0.6) is 0 Å². The molecular formula is C94H80N10O4. The Morgan fingerprint density at radius 2 is 0.880 bits per heavy atom. The van der Waals surface area contributed by atoms with E-state index in [1.165, 1.54) is 67.6 Å². The van der Waals surface area contributed by atoms with Crippen LogP contribution in [-0.2, 0) is 25.6 Å². The lowest BCUT2D eigenvalue weighted by Gasteiger charge is -2.25. The molecular weight excluding hydrogens is 1330 g/mol. The maximum absolute atomic E-state index is 12.7. The average molecular weight is 1410 g/mol. The SMILES string of the molecule is C.O=C1CCC(c2ccccc2)C2=C1C=C(c1ccnc(-c3ccc4c(c3)C=CC4)c1)C2.O=C1CCC(c2ccccc2)C2=C1C=C(c1ccnc(Nc3ccccc3)n1)C2.O=C1CCC(c2ccccc2)C2=C1C=C(c1ccncn1)C2.O=C1CCC(c2ccccc2)C2=C1C=C(c1ncnc3nc[nH]c13)C2. The van der Waals surface area contributed by atoms with Gasteiger partial charge in [-0.2, -0.15) is 0 Å². The molecule has 20 rings (SSSR count). The van der Waals surface area contributed by atoms with Gasteiger partial charge in [-0.3, -0.25) is 24.2 Å². The minimum absolute atomic E-state index is 0. The highest BCUT2D eigenvalue weighted by atomic mass is 16.1. The van der Waals surface area contributed by atoms with E-state index < -0.39 is 0 Å². The molecule has 2 N–H and O–H groups in total. The van der Waals surface area contributed by atoms with Gasteiger partial charge in [-0.1, -0.05) is 171 Å². The lowest BCUT2D eigenvalue weighted by Crippen LogP contribution is -2.15. The summed E-state index contributed by atoms with van der Waals surface area (Å²) in [4.78, 5) is 88.0. The van der Waals surface area contributed by atoms with Crippen molar-refractivity contribution >= 4 is 74.3 Å². The summed E-state index contributed by atoms with van der Waals surface area (Å²) in [5, 5.41) is 3.24. The van der Waals surface area contributed by atoms with Crippen molar-refractivity contribution in [3.63, 3.8) is 0 Å². The normalized spacial score (nSPS) is 19.4. The Balaban J connectivity index is 0.000000110. The number of fused-ring (bicyclic) bond motifs is 2. The Bertz CT molecular complexity index is 5620. The summed E-state index contributed by atoms with van der Waals surface area (Å²) in [6.07, 6.45) is 33.0. The molecule has 0 radical (unpaired) electrons. The standard InChI is InChI=1S/C29H23NO.C25H21N3O.C20H16N4O.C19H16N2O.CH4/c31-29-12-11-25(20-5-2-1-3-6-20)26-16-24(17-27(26)29)22-13-14-30-28(18-22)23-10-9-19-7-4-8-21(19)15-23;29-24-12-11-20(17-7-3-1-4-8-17)21-15-18(16-22(21)24)23-13-14-26-25(28-23)27-19-9-5-2-6-10-19;25-17-7-6-14(12-4-2-1-3-5-12)15-8-13(9-16(15)17)18-19-20(23-10-21-18)24-11-22-19;22-19-7-6-15(13-4-2-1-3-5-13)16-10-14(11-17(16)19)18-8-9-20-12-21-18;/h1-6,8-10,13-15,17-18,25H,7,11-12,16H2;1-10,13-14,16,20H,11-12,15H2,(H,26,27,28);1-5,9-11,14H,6-8H2,(H,21,22,23,24);1-5,8-9,11-12,15H,6-7,10H2;1H4. The van der Waals surface area contributed by atoms with Crippen molar-refractivity contribution in [1.82, 2.24) is 44.9 Å². The van der Waals surface area contributed by atoms with E-state index >= 15 is 0 Å². The van der Waals surface area contributed by atoms with E-state index in [1.54, 1.807) is 25.0 Å². The van der Waals surface area contributed by atoms with Gasteiger partial charge in [0.1, 0.15) is 18.2 Å².